The van der Waals surface area contributed by atoms with E-state index in [1.807, 2.05) is 60.7 Å². The van der Waals surface area contributed by atoms with Crippen LogP contribution in [0.2, 0.25) is 0 Å². The van der Waals surface area contributed by atoms with Gasteiger partial charge in [-0.05, 0) is 52.3 Å². The summed E-state index contributed by atoms with van der Waals surface area (Å²) in [6, 6.07) is 24.1. The number of anilines is 1. The summed E-state index contributed by atoms with van der Waals surface area (Å²) in [7, 11) is 0. The Morgan fingerprint density at radius 2 is 1.48 bits per heavy atom. The standard InChI is InChI=1S/C20H16BrNO3/c21-16-10-4-6-12-18(16)24-14-20(23)22-17-11-5-7-13-19(17)25-15-8-2-1-3-9-15/h1-13H,14H2,(H,22,23). The first kappa shape index (κ1) is 17.0. The van der Waals surface area contributed by atoms with Crippen LogP contribution in [0.25, 0.3) is 0 Å². The molecule has 3 rings (SSSR count). The van der Waals surface area contributed by atoms with Gasteiger partial charge in [0.2, 0.25) is 0 Å². The lowest BCUT2D eigenvalue weighted by molar-refractivity contribution is -0.118. The summed E-state index contributed by atoms with van der Waals surface area (Å²) < 4.78 is 12.2. The van der Waals surface area contributed by atoms with Crippen molar-refractivity contribution in [3.05, 3.63) is 83.3 Å². The summed E-state index contributed by atoms with van der Waals surface area (Å²) in [5.41, 5.74) is 0.590. The molecule has 4 nitrogen and oxygen atoms in total. The predicted octanol–water partition coefficient (Wildman–Crippen LogP) is 5.26. The largest absolute Gasteiger partial charge is 0.483 e. The summed E-state index contributed by atoms with van der Waals surface area (Å²) in [6.45, 7) is -0.0950. The topological polar surface area (TPSA) is 47.6 Å². The number of hydrogen-bond donors (Lipinski definition) is 1. The van der Waals surface area contributed by atoms with Gasteiger partial charge < -0.3 is 14.8 Å². The lowest BCUT2D eigenvalue weighted by Crippen LogP contribution is -2.20. The Balaban J connectivity index is 1.64. The highest BCUT2D eigenvalue weighted by Crippen LogP contribution is 2.29. The van der Waals surface area contributed by atoms with E-state index in [1.54, 1.807) is 18.2 Å². The molecule has 0 radical (unpaired) electrons. The minimum Gasteiger partial charge on any atom is -0.483 e. The monoisotopic (exact) mass is 397 g/mol. The molecule has 1 N–H and O–H groups in total. The zero-order chi connectivity index (χ0) is 17.5. The molecule has 0 saturated carbocycles. The van der Waals surface area contributed by atoms with Crippen molar-refractivity contribution in [1.29, 1.82) is 0 Å². The Bertz CT molecular complexity index is 852. The molecule has 0 aliphatic rings. The second-order valence-electron chi connectivity index (χ2n) is 5.18. The van der Waals surface area contributed by atoms with Crippen LogP contribution in [-0.2, 0) is 4.79 Å². The molecule has 3 aromatic carbocycles. The van der Waals surface area contributed by atoms with Gasteiger partial charge in [-0.15, -0.1) is 0 Å². The SMILES string of the molecule is O=C(COc1ccccc1Br)Nc1ccccc1Oc1ccccc1. The van der Waals surface area contributed by atoms with Gasteiger partial charge in [0.05, 0.1) is 10.2 Å². The summed E-state index contributed by atoms with van der Waals surface area (Å²) in [5.74, 6) is 1.63. The van der Waals surface area contributed by atoms with Crippen LogP contribution in [0.5, 0.6) is 17.2 Å². The van der Waals surface area contributed by atoms with Gasteiger partial charge in [0.1, 0.15) is 11.5 Å². The van der Waals surface area contributed by atoms with Gasteiger partial charge in [0, 0.05) is 0 Å². The molecule has 0 heterocycles. The van der Waals surface area contributed by atoms with Gasteiger partial charge in [-0.25, -0.2) is 0 Å². The van der Waals surface area contributed by atoms with Crippen molar-refractivity contribution in [1.82, 2.24) is 0 Å². The summed E-state index contributed by atoms with van der Waals surface area (Å²) in [5, 5.41) is 2.82. The van der Waals surface area contributed by atoms with E-state index in [0.29, 0.717) is 22.9 Å². The van der Waals surface area contributed by atoms with Crippen molar-refractivity contribution >= 4 is 27.5 Å². The Morgan fingerprint density at radius 3 is 2.24 bits per heavy atom. The van der Waals surface area contributed by atoms with Crippen LogP contribution in [0.15, 0.2) is 83.3 Å². The van der Waals surface area contributed by atoms with E-state index in [4.69, 9.17) is 9.47 Å². The van der Waals surface area contributed by atoms with Crippen molar-refractivity contribution in [3.8, 4) is 17.2 Å². The normalized spacial score (nSPS) is 10.1. The first-order valence-corrected chi connectivity index (χ1v) is 8.51. The Kier molecular flexibility index (Phi) is 5.69. The van der Waals surface area contributed by atoms with Crippen LogP contribution in [0.4, 0.5) is 5.69 Å². The fourth-order valence-corrected chi connectivity index (χ4v) is 2.57. The molecular formula is C20H16BrNO3. The van der Waals surface area contributed by atoms with E-state index in [1.165, 1.54) is 0 Å². The van der Waals surface area contributed by atoms with Gasteiger partial charge in [0.15, 0.2) is 12.4 Å². The highest BCUT2D eigenvalue weighted by Gasteiger charge is 2.10. The van der Waals surface area contributed by atoms with Crippen molar-refractivity contribution < 1.29 is 14.3 Å². The molecule has 0 aliphatic heterocycles. The highest BCUT2D eigenvalue weighted by atomic mass is 79.9. The number of nitrogens with one attached hydrogen (secondary N) is 1. The molecule has 0 aromatic heterocycles. The molecular weight excluding hydrogens is 382 g/mol. The van der Waals surface area contributed by atoms with Crippen molar-refractivity contribution in [2.45, 2.75) is 0 Å². The minimum atomic E-state index is -0.264. The third-order valence-corrected chi connectivity index (χ3v) is 3.98. The van der Waals surface area contributed by atoms with Crippen LogP contribution in [0.1, 0.15) is 0 Å². The number of amides is 1. The summed E-state index contributed by atoms with van der Waals surface area (Å²) in [4.78, 5) is 12.2. The Labute approximate surface area is 154 Å². The molecule has 0 atom stereocenters. The van der Waals surface area contributed by atoms with Gasteiger partial charge >= 0.3 is 0 Å². The molecule has 126 valence electrons. The van der Waals surface area contributed by atoms with E-state index in [2.05, 4.69) is 21.2 Å². The molecule has 3 aromatic rings. The first-order valence-electron chi connectivity index (χ1n) is 7.71. The Morgan fingerprint density at radius 1 is 0.840 bits per heavy atom. The molecule has 5 heteroatoms. The van der Waals surface area contributed by atoms with Gasteiger partial charge in [-0.2, -0.15) is 0 Å². The molecule has 0 spiro atoms. The van der Waals surface area contributed by atoms with Crippen molar-refractivity contribution in [3.63, 3.8) is 0 Å². The lowest BCUT2D eigenvalue weighted by atomic mass is 10.3. The average molecular weight is 398 g/mol. The highest BCUT2D eigenvalue weighted by molar-refractivity contribution is 9.10. The van der Waals surface area contributed by atoms with E-state index in [0.717, 1.165) is 4.47 Å². The summed E-state index contributed by atoms with van der Waals surface area (Å²) in [6.07, 6.45) is 0. The maximum Gasteiger partial charge on any atom is 0.262 e. The van der Waals surface area contributed by atoms with Gasteiger partial charge in [0.25, 0.3) is 5.91 Å². The zero-order valence-electron chi connectivity index (χ0n) is 13.3. The number of benzene rings is 3. The zero-order valence-corrected chi connectivity index (χ0v) is 14.9. The lowest BCUT2D eigenvalue weighted by Gasteiger charge is -2.13. The molecule has 0 saturated heterocycles. The van der Waals surface area contributed by atoms with Crippen molar-refractivity contribution in [2.75, 3.05) is 11.9 Å². The van der Waals surface area contributed by atoms with E-state index in [-0.39, 0.29) is 12.5 Å². The van der Waals surface area contributed by atoms with E-state index < -0.39 is 0 Å². The van der Waals surface area contributed by atoms with E-state index >= 15 is 0 Å². The second-order valence-corrected chi connectivity index (χ2v) is 6.03. The minimum absolute atomic E-state index is 0.0950. The number of ether oxygens (including phenoxy) is 2. The van der Waals surface area contributed by atoms with Crippen LogP contribution >= 0.6 is 15.9 Å². The van der Waals surface area contributed by atoms with E-state index in [9.17, 15) is 4.79 Å². The fraction of sp³-hybridized carbons (Fsp3) is 0.0500. The first-order chi connectivity index (χ1) is 12.2. The number of halogens is 1. The Hall–Kier alpha value is -2.79. The number of rotatable bonds is 6. The van der Waals surface area contributed by atoms with Crippen LogP contribution in [0, 0.1) is 0 Å². The number of hydrogen-bond acceptors (Lipinski definition) is 3. The fourth-order valence-electron chi connectivity index (χ4n) is 2.17. The maximum absolute atomic E-state index is 12.2. The average Bonchev–Trinajstić information content (AvgIpc) is 2.64. The quantitative estimate of drug-likeness (QED) is 0.616. The van der Waals surface area contributed by atoms with Crippen LogP contribution in [0.3, 0.4) is 0 Å². The number of carbonyl (C=O) groups excluding carboxylic acids is 1. The third kappa shape index (κ3) is 4.84. The maximum atomic E-state index is 12.2. The smallest absolute Gasteiger partial charge is 0.262 e. The second kappa shape index (κ2) is 8.35. The molecule has 25 heavy (non-hydrogen) atoms. The molecule has 0 fully saturated rings. The number of carbonyl (C=O) groups is 1. The molecule has 0 unspecified atom stereocenters. The molecule has 0 bridgehead atoms. The van der Waals surface area contributed by atoms with Crippen LogP contribution < -0.4 is 14.8 Å². The molecule has 1 amide bonds. The molecule has 0 aliphatic carbocycles. The van der Waals surface area contributed by atoms with Crippen LogP contribution in [-0.4, -0.2) is 12.5 Å². The van der Waals surface area contributed by atoms with Gasteiger partial charge in [-0.1, -0.05) is 42.5 Å². The predicted molar refractivity (Wildman–Crippen MR) is 101 cm³/mol. The van der Waals surface area contributed by atoms with Gasteiger partial charge in [-0.3, -0.25) is 4.79 Å². The van der Waals surface area contributed by atoms with Crippen molar-refractivity contribution in [2.24, 2.45) is 0 Å². The summed E-state index contributed by atoms with van der Waals surface area (Å²) >= 11 is 3.39. The third-order valence-electron chi connectivity index (χ3n) is 3.33. The number of para-hydroxylation sites is 4.